The molecule has 2 aliphatic rings. The van der Waals surface area contributed by atoms with E-state index in [1.165, 1.54) is 40.0 Å². The zero-order chi connectivity index (χ0) is 15.9. The number of aryl methyl sites for hydroxylation is 1. The minimum atomic E-state index is 0.449. The van der Waals surface area contributed by atoms with Crippen molar-refractivity contribution >= 4 is 28.0 Å². The molecule has 0 aromatic carbocycles. The van der Waals surface area contributed by atoms with Gasteiger partial charge in [-0.2, -0.15) is 4.37 Å². The Labute approximate surface area is 145 Å². The van der Waals surface area contributed by atoms with Crippen LogP contribution in [0.5, 0.6) is 0 Å². The lowest BCUT2D eigenvalue weighted by Crippen LogP contribution is -2.45. The molecule has 0 spiro atoms. The number of aromatic nitrogens is 3. The number of piperazine rings is 1. The van der Waals surface area contributed by atoms with E-state index < -0.39 is 0 Å². The summed E-state index contributed by atoms with van der Waals surface area (Å²) >= 11 is 3.43. The van der Waals surface area contributed by atoms with Crippen LogP contribution in [0.3, 0.4) is 0 Å². The quantitative estimate of drug-likeness (QED) is 0.853. The summed E-state index contributed by atoms with van der Waals surface area (Å²) in [5, 5.41) is 2.36. The summed E-state index contributed by atoms with van der Waals surface area (Å²) in [5.74, 6) is 0. The van der Waals surface area contributed by atoms with Gasteiger partial charge in [-0.25, -0.2) is 9.97 Å². The van der Waals surface area contributed by atoms with E-state index in [-0.39, 0.29) is 0 Å². The molecular formula is C16H23N5S2. The minimum Gasteiger partial charge on any atom is -0.344 e. The maximum Gasteiger partial charge on any atom is 0.205 e. The molecule has 23 heavy (non-hydrogen) atoms. The Hall–Kier alpha value is -1.05. The van der Waals surface area contributed by atoms with E-state index in [9.17, 15) is 0 Å². The standard InChI is InChI=1S/C16H23N5S2/c1-16(2)4-3-12-13(9-16)22-14(19-12)10-20-5-7-21(8-6-20)15-17-11-18-23-15/h11H,3-10H2,1-2H3. The van der Waals surface area contributed by atoms with Gasteiger partial charge in [-0.1, -0.05) is 13.8 Å². The molecule has 1 aliphatic carbocycles. The predicted molar refractivity (Wildman–Crippen MR) is 95.3 cm³/mol. The third kappa shape index (κ3) is 3.41. The summed E-state index contributed by atoms with van der Waals surface area (Å²) in [6, 6.07) is 0. The van der Waals surface area contributed by atoms with Gasteiger partial charge in [-0.3, -0.25) is 4.90 Å². The first-order valence-electron chi connectivity index (χ1n) is 8.30. The van der Waals surface area contributed by atoms with Crippen LogP contribution in [0.25, 0.3) is 0 Å². The highest BCUT2D eigenvalue weighted by Gasteiger charge is 2.28. The van der Waals surface area contributed by atoms with Crippen molar-refractivity contribution in [2.24, 2.45) is 5.41 Å². The number of hydrogen-bond acceptors (Lipinski definition) is 7. The molecule has 0 saturated carbocycles. The molecule has 0 atom stereocenters. The molecule has 0 amide bonds. The van der Waals surface area contributed by atoms with Gasteiger partial charge in [0.05, 0.1) is 12.2 Å². The van der Waals surface area contributed by atoms with Gasteiger partial charge in [0.15, 0.2) is 0 Å². The fourth-order valence-electron chi connectivity index (χ4n) is 3.41. The van der Waals surface area contributed by atoms with E-state index in [0.717, 1.165) is 44.3 Å². The first-order chi connectivity index (χ1) is 11.1. The van der Waals surface area contributed by atoms with Crippen molar-refractivity contribution in [3.63, 3.8) is 0 Å². The highest BCUT2D eigenvalue weighted by atomic mass is 32.1. The Bertz CT molecular complexity index is 656. The van der Waals surface area contributed by atoms with Crippen molar-refractivity contribution in [2.75, 3.05) is 31.1 Å². The molecule has 124 valence electrons. The van der Waals surface area contributed by atoms with E-state index >= 15 is 0 Å². The van der Waals surface area contributed by atoms with Crippen molar-refractivity contribution in [1.29, 1.82) is 0 Å². The molecule has 0 unspecified atom stereocenters. The van der Waals surface area contributed by atoms with Crippen LogP contribution in [-0.2, 0) is 19.4 Å². The SMILES string of the molecule is CC1(C)CCc2nc(CN3CCN(c4ncns4)CC3)sc2C1. The van der Waals surface area contributed by atoms with E-state index in [0.29, 0.717) is 5.41 Å². The smallest absolute Gasteiger partial charge is 0.205 e. The fraction of sp³-hybridized carbons (Fsp3) is 0.688. The highest BCUT2D eigenvalue weighted by Crippen LogP contribution is 2.37. The zero-order valence-electron chi connectivity index (χ0n) is 13.8. The summed E-state index contributed by atoms with van der Waals surface area (Å²) in [5.41, 5.74) is 1.82. The van der Waals surface area contributed by atoms with Gasteiger partial charge in [-0.15, -0.1) is 11.3 Å². The van der Waals surface area contributed by atoms with E-state index in [1.807, 2.05) is 11.3 Å². The molecule has 7 heteroatoms. The Morgan fingerprint density at radius 3 is 2.78 bits per heavy atom. The molecule has 5 nitrogen and oxygen atoms in total. The number of rotatable bonds is 3. The maximum absolute atomic E-state index is 4.92. The Morgan fingerprint density at radius 1 is 1.22 bits per heavy atom. The third-order valence-corrected chi connectivity index (χ3v) is 6.66. The molecule has 0 radical (unpaired) electrons. The molecule has 2 aromatic heterocycles. The molecule has 1 aliphatic heterocycles. The van der Waals surface area contributed by atoms with Gasteiger partial charge < -0.3 is 4.90 Å². The van der Waals surface area contributed by atoms with Gasteiger partial charge in [0.1, 0.15) is 11.3 Å². The number of fused-ring (bicyclic) bond motifs is 1. The maximum atomic E-state index is 4.92. The Morgan fingerprint density at radius 2 is 2.04 bits per heavy atom. The number of anilines is 1. The second-order valence-electron chi connectivity index (χ2n) is 7.31. The van der Waals surface area contributed by atoms with Crippen LogP contribution < -0.4 is 4.90 Å². The zero-order valence-corrected chi connectivity index (χ0v) is 15.4. The number of thiazole rings is 1. The van der Waals surface area contributed by atoms with Crippen LogP contribution in [0.15, 0.2) is 6.33 Å². The summed E-state index contributed by atoms with van der Waals surface area (Å²) in [6.07, 6.45) is 5.27. The van der Waals surface area contributed by atoms with Crippen LogP contribution >= 0.6 is 22.9 Å². The lowest BCUT2D eigenvalue weighted by atomic mass is 9.79. The van der Waals surface area contributed by atoms with Gasteiger partial charge >= 0.3 is 0 Å². The summed E-state index contributed by atoms with van der Waals surface area (Å²) in [6.45, 7) is 9.98. The Balaban J connectivity index is 1.36. The van der Waals surface area contributed by atoms with Gasteiger partial charge in [0.2, 0.25) is 5.13 Å². The van der Waals surface area contributed by atoms with Crippen molar-refractivity contribution < 1.29 is 0 Å². The monoisotopic (exact) mass is 349 g/mol. The lowest BCUT2D eigenvalue weighted by Gasteiger charge is -2.33. The average Bonchev–Trinajstić information content (AvgIpc) is 3.16. The van der Waals surface area contributed by atoms with Crippen LogP contribution in [-0.4, -0.2) is 45.4 Å². The molecule has 4 rings (SSSR count). The number of hydrogen-bond donors (Lipinski definition) is 0. The molecule has 2 aromatic rings. The molecular weight excluding hydrogens is 326 g/mol. The molecule has 3 heterocycles. The van der Waals surface area contributed by atoms with E-state index in [1.54, 1.807) is 6.33 Å². The predicted octanol–water partition coefficient (Wildman–Crippen LogP) is 2.83. The van der Waals surface area contributed by atoms with E-state index in [2.05, 4.69) is 33.0 Å². The van der Waals surface area contributed by atoms with Crippen molar-refractivity contribution in [3.8, 4) is 0 Å². The van der Waals surface area contributed by atoms with Crippen molar-refractivity contribution in [3.05, 3.63) is 21.9 Å². The highest BCUT2D eigenvalue weighted by molar-refractivity contribution is 7.11. The normalized spacial score (nSPS) is 21.4. The van der Waals surface area contributed by atoms with Crippen molar-refractivity contribution in [2.45, 2.75) is 39.7 Å². The Kier molecular flexibility index (Phi) is 4.11. The molecule has 0 N–H and O–H groups in total. The second kappa shape index (κ2) is 6.11. The molecule has 0 bridgehead atoms. The van der Waals surface area contributed by atoms with Crippen LogP contribution in [0, 0.1) is 5.41 Å². The lowest BCUT2D eigenvalue weighted by molar-refractivity contribution is 0.249. The van der Waals surface area contributed by atoms with Gasteiger partial charge in [-0.05, 0) is 24.7 Å². The molecule has 1 fully saturated rings. The molecule has 1 saturated heterocycles. The first-order valence-corrected chi connectivity index (χ1v) is 9.89. The van der Waals surface area contributed by atoms with Gasteiger partial charge in [0, 0.05) is 42.6 Å². The summed E-state index contributed by atoms with van der Waals surface area (Å²) in [4.78, 5) is 15.6. The summed E-state index contributed by atoms with van der Waals surface area (Å²) < 4.78 is 4.10. The van der Waals surface area contributed by atoms with Crippen LogP contribution in [0.1, 0.15) is 35.8 Å². The average molecular weight is 350 g/mol. The van der Waals surface area contributed by atoms with Crippen LogP contribution in [0.4, 0.5) is 5.13 Å². The van der Waals surface area contributed by atoms with Crippen LogP contribution in [0.2, 0.25) is 0 Å². The largest absolute Gasteiger partial charge is 0.344 e. The van der Waals surface area contributed by atoms with Crippen molar-refractivity contribution in [1.82, 2.24) is 19.2 Å². The first kappa shape index (κ1) is 15.5. The third-order valence-electron chi connectivity index (χ3n) is 4.85. The minimum absolute atomic E-state index is 0.449. The fourth-order valence-corrected chi connectivity index (χ4v) is 5.41. The van der Waals surface area contributed by atoms with Gasteiger partial charge in [0.25, 0.3) is 0 Å². The number of nitrogens with zero attached hydrogens (tertiary/aromatic N) is 5. The topological polar surface area (TPSA) is 45.2 Å². The second-order valence-corrected chi connectivity index (χ2v) is 9.23. The summed E-state index contributed by atoms with van der Waals surface area (Å²) in [7, 11) is 0. The van der Waals surface area contributed by atoms with E-state index in [4.69, 9.17) is 4.98 Å².